The maximum absolute atomic E-state index is 12.7. The van der Waals surface area contributed by atoms with Crippen LogP contribution in [-0.2, 0) is 0 Å². The minimum absolute atomic E-state index is 0.132. The maximum Gasteiger partial charge on any atom is 0.254 e. The first kappa shape index (κ1) is 13.9. The quantitative estimate of drug-likeness (QED) is 0.844. The molecule has 0 radical (unpaired) electrons. The van der Waals surface area contributed by atoms with Crippen LogP contribution in [0.1, 0.15) is 49.9 Å². The van der Waals surface area contributed by atoms with E-state index in [4.69, 9.17) is 5.73 Å². The fourth-order valence-electron chi connectivity index (χ4n) is 2.84. The molecule has 2 N–H and O–H groups in total. The van der Waals surface area contributed by atoms with Crippen LogP contribution in [0, 0.1) is 5.92 Å². The summed E-state index contributed by atoms with van der Waals surface area (Å²) in [6.45, 7) is 5.15. The number of benzene rings is 1. The topological polar surface area (TPSA) is 46.3 Å². The van der Waals surface area contributed by atoms with E-state index in [0.29, 0.717) is 23.2 Å². The summed E-state index contributed by atoms with van der Waals surface area (Å²) in [4.78, 5) is 14.8. The molecule has 0 heterocycles. The summed E-state index contributed by atoms with van der Waals surface area (Å²) >= 11 is 0. The van der Waals surface area contributed by atoms with Gasteiger partial charge in [-0.15, -0.1) is 0 Å². The number of amides is 1. The third-order valence-corrected chi connectivity index (χ3v) is 3.72. The summed E-state index contributed by atoms with van der Waals surface area (Å²) in [5, 5.41) is 0. The maximum atomic E-state index is 12.7. The highest BCUT2D eigenvalue weighted by atomic mass is 16.2. The smallest absolute Gasteiger partial charge is 0.254 e. The van der Waals surface area contributed by atoms with E-state index in [1.807, 2.05) is 18.2 Å². The summed E-state index contributed by atoms with van der Waals surface area (Å²) < 4.78 is 0. The predicted molar refractivity (Wildman–Crippen MR) is 79.0 cm³/mol. The fraction of sp³-hybridized carbons (Fsp3) is 0.562. The van der Waals surface area contributed by atoms with Gasteiger partial charge in [-0.25, -0.2) is 0 Å². The number of nitrogens with two attached hydrogens (primary N) is 1. The van der Waals surface area contributed by atoms with Gasteiger partial charge in [-0.3, -0.25) is 4.79 Å². The molecule has 2 rings (SSSR count). The average Bonchev–Trinajstić information content (AvgIpc) is 2.88. The van der Waals surface area contributed by atoms with Crippen LogP contribution in [0.25, 0.3) is 0 Å². The second-order valence-corrected chi connectivity index (χ2v) is 5.92. The molecule has 0 saturated heterocycles. The number of nitrogens with zero attached hydrogens (tertiary/aromatic N) is 1. The Bertz CT molecular complexity index is 436. The van der Waals surface area contributed by atoms with Crippen LogP contribution in [-0.4, -0.2) is 23.4 Å². The molecule has 1 aliphatic rings. The highest BCUT2D eigenvalue weighted by Gasteiger charge is 2.27. The van der Waals surface area contributed by atoms with Gasteiger partial charge in [0.15, 0.2) is 0 Å². The summed E-state index contributed by atoms with van der Waals surface area (Å²) in [5.74, 6) is 0.624. The molecule has 0 unspecified atom stereocenters. The van der Waals surface area contributed by atoms with Crippen LogP contribution < -0.4 is 5.73 Å². The number of rotatable bonds is 4. The molecule has 1 aliphatic carbocycles. The summed E-state index contributed by atoms with van der Waals surface area (Å²) in [6, 6.07) is 7.73. The molecular formula is C16H24N2O. The van der Waals surface area contributed by atoms with Crippen molar-refractivity contribution in [3.05, 3.63) is 29.8 Å². The predicted octanol–water partition coefficient (Wildman–Crippen LogP) is 3.31. The molecule has 0 aromatic heterocycles. The SMILES string of the molecule is CC(C)CN(C(=O)c1cccc(N)c1)C1CCCC1. The molecule has 1 amide bonds. The third-order valence-electron chi connectivity index (χ3n) is 3.72. The Balaban J connectivity index is 2.19. The van der Waals surface area contributed by atoms with Crippen molar-refractivity contribution in [3.8, 4) is 0 Å². The third kappa shape index (κ3) is 3.49. The second kappa shape index (κ2) is 6.09. The zero-order valence-electron chi connectivity index (χ0n) is 11.9. The number of anilines is 1. The molecule has 1 saturated carbocycles. The lowest BCUT2D eigenvalue weighted by atomic mass is 10.1. The Labute approximate surface area is 115 Å². The molecule has 0 bridgehead atoms. The lowest BCUT2D eigenvalue weighted by molar-refractivity contribution is 0.0655. The Morgan fingerprint density at radius 1 is 1.37 bits per heavy atom. The fourth-order valence-corrected chi connectivity index (χ4v) is 2.84. The second-order valence-electron chi connectivity index (χ2n) is 5.92. The Kier molecular flexibility index (Phi) is 4.46. The van der Waals surface area contributed by atoms with Crippen molar-refractivity contribution in [3.63, 3.8) is 0 Å². The first-order valence-electron chi connectivity index (χ1n) is 7.24. The molecule has 1 fully saturated rings. The minimum Gasteiger partial charge on any atom is -0.399 e. The largest absolute Gasteiger partial charge is 0.399 e. The lowest BCUT2D eigenvalue weighted by Gasteiger charge is -2.30. The Morgan fingerprint density at radius 2 is 2.05 bits per heavy atom. The zero-order valence-corrected chi connectivity index (χ0v) is 11.9. The molecule has 0 spiro atoms. The van der Waals surface area contributed by atoms with Crippen molar-refractivity contribution in [1.82, 2.24) is 4.90 Å². The van der Waals surface area contributed by atoms with Gasteiger partial charge in [0.2, 0.25) is 0 Å². The highest BCUT2D eigenvalue weighted by molar-refractivity contribution is 5.95. The number of carbonyl (C=O) groups excluding carboxylic acids is 1. The molecule has 1 aromatic carbocycles. The first-order valence-corrected chi connectivity index (χ1v) is 7.24. The Morgan fingerprint density at radius 3 is 2.63 bits per heavy atom. The molecule has 0 atom stereocenters. The Hall–Kier alpha value is -1.51. The first-order chi connectivity index (χ1) is 9.08. The van der Waals surface area contributed by atoms with E-state index in [0.717, 1.165) is 19.4 Å². The van der Waals surface area contributed by atoms with E-state index < -0.39 is 0 Å². The zero-order chi connectivity index (χ0) is 13.8. The lowest BCUT2D eigenvalue weighted by Crippen LogP contribution is -2.41. The van der Waals surface area contributed by atoms with Crippen molar-refractivity contribution in [2.75, 3.05) is 12.3 Å². The summed E-state index contributed by atoms with van der Waals surface area (Å²) in [5.41, 5.74) is 7.15. The van der Waals surface area contributed by atoms with Crippen molar-refractivity contribution in [2.24, 2.45) is 5.92 Å². The molecule has 3 nitrogen and oxygen atoms in total. The van der Waals surface area contributed by atoms with Gasteiger partial charge in [-0.1, -0.05) is 32.8 Å². The standard InChI is InChI=1S/C16H24N2O/c1-12(2)11-18(15-8-3-4-9-15)16(19)13-6-5-7-14(17)10-13/h5-7,10,12,15H,3-4,8-9,11,17H2,1-2H3. The van der Waals surface area contributed by atoms with E-state index in [-0.39, 0.29) is 5.91 Å². The van der Waals surface area contributed by atoms with E-state index >= 15 is 0 Å². The van der Waals surface area contributed by atoms with Gasteiger partial charge in [0.25, 0.3) is 5.91 Å². The van der Waals surface area contributed by atoms with Gasteiger partial charge < -0.3 is 10.6 Å². The summed E-state index contributed by atoms with van der Waals surface area (Å²) in [6.07, 6.45) is 4.76. The van der Waals surface area contributed by atoms with Crippen molar-refractivity contribution in [1.29, 1.82) is 0 Å². The molecule has 104 valence electrons. The van der Waals surface area contributed by atoms with Gasteiger partial charge in [-0.05, 0) is 37.0 Å². The monoisotopic (exact) mass is 260 g/mol. The number of hydrogen-bond donors (Lipinski definition) is 1. The number of carbonyl (C=O) groups is 1. The van der Waals surface area contributed by atoms with Crippen LogP contribution >= 0.6 is 0 Å². The van der Waals surface area contributed by atoms with Crippen molar-refractivity contribution >= 4 is 11.6 Å². The number of hydrogen-bond acceptors (Lipinski definition) is 2. The van der Waals surface area contributed by atoms with Gasteiger partial charge in [0, 0.05) is 23.8 Å². The van der Waals surface area contributed by atoms with E-state index in [1.165, 1.54) is 12.8 Å². The van der Waals surface area contributed by atoms with Crippen LogP contribution in [0.15, 0.2) is 24.3 Å². The normalized spacial score (nSPS) is 15.9. The van der Waals surface area contributed by atoms with E-state index in [9.17, 15) is 4.79 Å². The molecular weight excluding hydrogens is 236 g/mol. The highest BCUT2D eigenvalue weighted by Crippen LogP contribution is 2.26. The van der Waals surface area contributed by atoms with Crippen LogP contribution in [0.4, 0.5) is 5.69 Å². The van der Waals surface area contributed by atoms with Gasteiger partial charge in [0.05, 0.1) is 0 Å². The van der Waals surface area contributed by atoms with Gasteiger partial charge in [0.1, 0.15) is 0 Å². The summed E-state index contributed by atoms with van der Waals surface area (Å²) in [7, 11) is 0. The van der Waals surface area contributed by atoms with Crippen molar-refractivity contribution < 1.29 is 4.79 Å². The molecule has 3 heteroatoms. The molecule has 1 aromatic rings. The van der Waals surface area contributed by atoms with Crippen LogP contribution in [0.3, 0.4) is 0 Å². The molecule has 19 heavy (non-hydrogen) atoms. The van der Waals surface area contributed by atoms with E-state index in [2.05, 4.69) is 18.7 Å². The number of nitrogen functional groups attached to an aromatic ring is 1. The molecule has 0 aliphatic heterocycles. The van der Waals surface area contributed by atoms with Gasteiger partial charge in [-0.2, -0.15) is 0 Å². The minimum atomic E-state index is 0.132. The average molecular weight is 260 g/mol. The van der Waals surface area contributed by atoms with Crippen molar-refractivity contribution in [2.45, 2.75) is 45.6 Å². The van der Waals surface area contributed by atoms with Crippen LogP contribution in [0.2, 0.25) is 0 Å². The van der Waals surface area contributed by atoms with Gasteiger partial charge >= 0.3 is 0 Å². The van der Waals surface area contributed by atoms with Crippen LogP contribution in [0.5, 0.6) is 0 Å². The van der Waals surface area contributed by atoms with E-state index in [1.54, 1.807) is 6.07 Å².